The maximum absolute atomic E-state index is 12.2. The highest BCUT2D eigenvalue weighted by Crippen LogP contribution is 2.32. The number of aromatic nitrogens is 1. The number of fused-ring (bicyclic) bond motifs is 2. The van der Waals surface area contributed by atoms with Gasteiger partial charge in [0.1, 0.15) is 17.0 Å². The minimum absolute atomic E-state index is 0.202. The Morgan fingerprint density at radius 3 is 2.48 bits per heavy atom. The Morgan fingerprint density at radius 1 is 1.22 bits per heavy atom. The summed E-state index contributed by atoms with van der Waals surface area (Å²) in [7, 11) is 0. The van der Waals surface area contributed by atoms with E-state index in [4.69, 9.17) is 4.74 Å². The second-order valence-electron chi connectivity index (χ2n) is 7.04. The third kappa shape index (κ3) is 2.71. The van der Waals surface area contributed by atoms with Crippen molar-refractivity contribution < 1.29 is 14.3 Å². The molecule has 0 aliphatic carbocycles. The molecule has 1 saturated heterocycles. The lowest BCUT2D eigenvalue weighted by atomic mass is 9.97. The number of piperidine rings is 1. The molecule has 2 amide bonds. The summed E-state index contributed by atoms with van der Waals surface area (Å²) in [6, 6.07) is 4.68. The van der Waals surface area contributed by atoms with Crippen LogP contribution < -0.4 is 10.9 Å². The number of nitrogens with one attached hydrogen (secondary N) is 1. The minimum Gasteiger partial charge on any atom is -0.444 e. The molecule has 1 fully saturated rings. The number of pyridine rings is 1. The monoisotopic (exact) mass is 319 g/mol. The zero-order valence-corrected chi connectivity index (χ0v) is 13.6. The second kappa shape index (κ2) is 5.11. The van der Waals surface area contributed by atoms with Crippen LogP contribution in [0.25, 0.3) is 0 Å². The molecule has 23 heavy (non-hydrogen) atoms. The van der Waals surface area contributed by atoms with Gasteiger partial charge in [-0.3, -0.25) is 14.2 Å². The first-order valence-corrected chi connectivity index (χ1v) is 7.75. The molecule has 7 heteroatoms. The average molecular weight is 319 g/mol. The molecule has 1 N–H and O–H groups in total. The second-order valence-corrected chi connectivity index (χ2v) is 7.04. The van der Waals surface area contributed by atoms with Crippen LogP contribution >= 0.6 is 0 Å². The van der Waals surface area contributed by atoms with Gasteiger partial charge in [-0.15, -0.1) is 0 Å². The molecule has 0 saturated carbocycles. The molecular weight excluding hydrogens is 298 g/mol. The van der Waals surface area contributed by atoms with Gasteiger partial charge in [-0.1, -0.05) is 6.07 Å². The number of hydrogen-bond donors (Lipinski definition) is 1. The fourth-order valence-corrected chi connectivity index (χ4v) is 3.17. The van der Waals surface area contributed by atoms with Gasteiger partial charge in [0.15, 0.2) is 0 Å². The van der Waals surface area contributed by atoms with Crippen molar-refractivity contribution >= 4 is 12.0 Å². The summed E-state index contributed by atoms with van der Waals surface area (Å²) < 4.78 is 6.90. The number of carbonyl (C=O) groups excluding carboxylic acids is 2. The first-order chi connectivity index (χ1) is 10.7. The van der Waals surface area contributed by atoms with E-state index < -0.39 is 11.3 Å². The van der Waals surface area contributed by atoms with Crippen LogP contribution in [0, 0.1) is 0 Å². The van der Waals surface area contributed by atoms with Crippen molar-refractivity contribution in [2.24, 2.45) is 0 Å². The van der Waals surface area contributed by atoms with Crippen LogP contribution in [0.1, 0.15) is 44.1 Å². The smallest absolute Gasteiger partial charge is 0.410 e. The van der Waals surface area contributed by atoms with Crippen LogP contribution in [0.2, 0.25) is 0 Å². The largest absolute Gasteiger partial charge is 0.444 e. The van der Waals surface area contributed by atoms with Crippen LogP contribution in [-0.4, -0.2) is 40.2 Å². The van der Waals surface area contributed by atoms with E-state index in [0.29, 0.717) is 31.6 Å². The van der Waals surface area contributed by atoms with Crippen LogP contribution in [-0.2, 0) is 10.4 Å². The Labute approximate surface area is 134 Å². The molecular formula is C16H21N3O4. The van der Waals surface area contributed by atoms with Crippen molar-refractivity contribution in [1.82, 2.24) is 14.8 Å². The molecule has 124 valence electrons. The summed E-state index contributed by atoms with van der Waals surface area (Å²) in [6.07, 6.45) is 0.599. The number of likely N-dealkylation sites (tertiary alicyclic amines) is 1. The molecule has 0 atom stereocenters. The van der Waals surface area contributed by atoms with Gasteiger partial charge in [0, 0.05) is 32.0 Å². The highest BCUT2D eigenvalue weighted by molar-refractivity contribution is 5.95. The standard InChI is InChI=1S/C16H21N3O4/c1-15(2,3)23-14(22)18-9-7-16(8-10-18)17-13(21)11-5-4-6-12(20)19(11)16/h4-6H,7-10H2,1-3H3,(H,17,21). The number of nitrogens with zero attached hydrogens (tertiary/aromatic N) is 2. The number of amides is 2. The first kappa shape index (κ1) is 15.6. The molecule has 1 aromatic rings. The van der Waals surface area contributed by atoms with E-state index in [1.54, 1.807) is 17.0 Å². The Kier molecular flexibility index (Phi) is 3.46. The Bertz CT molecular complexity index is 709. The molecule has 2 aliphatic heterocycles. The maximum Gasteiger partial charge on any atom is 0.410 e. The predicted molar refractivity (Wildman–Crippen MR) is 83.2 cm³/mol. The van der Waals surface area contributed by atoms with Gasteiger partial charge in [-0.05, 0) is 26.8 Å². The Morgan fingerprint density at radius 2 is 1.87 bits per heavy atom. The number of rotatable bonds is 0. The maximum atomic E-state index is 12.2. The SMILES string of the molecule is CC(C)(C)OC(=O)N1CCC2(CC1)NC(=O)c1cccc(=O)n12. The van der Waals surface area contributed by atoms with Crippen LogP contribution in [0.4, 0.5) is 4.79 Å². The lowest BCUT2D eigenvalue weighted by Gasteiger charge is -2.40. The summed E-state index contributed by atoms with van der Waals surface area (Å²) >= 11 is 0. The minimum atomic E-state index is -0.733. The van der Waals surface area contributed by atoms with Gasteiger partial charge >= 0.3 is 6.09 Å². The summed E-state index contributed by atoms with van der Waals surface area (Å²) in [5.74, 6) is -0.242. The molecule has 3 rings (SSSR count). The van der Waals surface area contributed by atoms with Crippen molar-refractivity contribution in [3.63, 3.8) is 0 Å². The van der Waals surface area contributed by atoms with E-state index in [-0.39, 0.29) is 17.6 Å². The van der Waals surface area contributed by atoms with Crippen molar-refractivity contribution in [2.75, 3.05) is 13.1 Å². The van der Waals surface area contributed by atoms with Crippen molar-refractivity contribution in [1.29, 1.82) is 0 Å². The van der Waals surface area contributed by atoms with E-state index in [1.165, 1.54) is 10.6 Å². The lowest BCUT2D eigenvalue weighted by Crippen LogP contribution is -2.55. The molecule has 3 heterocycles. The zero-order valence-electron chi connectivity index (χ0n) is 13.6. The molecule has 0 radical (unpaired) electrons. The van der Waals surface area contributed by atoms with E-state index in [9.17, 15) is 14.4 Å². The molecule has 0 aromatic carbocycles. The van der Waals surface area contributed by atoms with Gasteiger partial charge in [-0.25, -0.2) is 4.79 Å². The van der Waals surface area contributed by atoms with E-state index in [1.807, 2.05) is 20.8 Å². The van der Waals surface area contributed by atoms with Crippen molar-refractivity contribution in [3.05, 3.63) is 34.2 Å². The predicted octanol–water partition coefficient (Wildman–Crippen LogP) is 1.28. The van der Waals surface area contributed by atoms with Crippen LogP contribution in [0.5, 0.6) is 0 Å². The van der Waals surface area contributed by atoms with Gasteiger partial charge in [0.2, 0.25) is 0 Å². The van der Waals surface area contributed by atoms with E-state index in [0.717, 1.165) is 0 Å². The Balaban J connectivity index is 1.79. The molecule has 7 nitrogen and oxygen atoms in total. The topological polar surface area (TPSA) is 80.6 Å². The average Bonchev–Trinajstić information content (AvgIpc) is 2.72. The summed E-state index contributed by atoms with van der Waals surface area (Å²) in [6.45, 7) is 6.32. The first-order valence-electron chi connectivity index (χ1n) is 7.75. The summed E-state index contributed by atoms with van der Waals surface area (Å²) in [5.41, 5.74) is -1.10. The molecule has 1 spiro atoms. The van der Waals surface area contributed by atoms with Crippen molar-refractivity contribution in [3.8, 4) is 0 Å². The molecule has 0 unspecified atom stereocenters. The fourth-order valence-electron chi connectivity index (χ4n) is 3.17. The zero-order chi connectivity index (χ0) is 16.8. The normalized spacial score (nSPS) is 19.4. The third-order valence-corrected chi connectivity index (χ3v) is 4.20. The van der Waals surface area contributed by atoms with Gasteiger partial charge in [-0.2, -0.15) is 0 Å². The van der Waals surface area contributed by atoms with Gasteiger partial charge < -0.3 is 15.0 Å². The van der Waals surface area contributed by atoms with Crippen LogP contribution in [0.3, 0.4) is 0 Å². The summed E-state index contributed by atoms with van der Waals surface area (Å²) in [5, 5.41) is 2.93. The quantitative estimate of drug-likeness (QED) is 0.781. The van der Waals surface area contributed by atoms with Gasteiger partial charge in [0.25, 0.3) is 11.5 Å². The summed E-state index contributed by atoms with van der Waals surface area (Å²) in [4.78, 5) is 38.1. The lowest BCUT2D eigenvalue weighted by molar-refractivity contribution is 0.00952. The number of hydrogen-bond acceptors (Lipinski definition) is 4. The number of ether oxygens (including phenoxy) is 1. The molecule has 0 bridgehead atoms. The number of carbonyl (C=O) groups is 2. The van der Waals surface area contributed by atoms with E-state index >= 15 is 0 Å². The fraction of sp³-hybridized carbons (Fsp3) is 0.562. The molecule has 1 aromatic heterocycles. The highest BCUT2D eigenvalue weighted by atomic mass is 16.6. The van der Waals surface area contributed by atoms with Crippen LogP contribution in [0.15, 0.2) is 23.0 Å². The Hall–Kier alpha value is -2.31. The third-order valence-electron chi connectivity index (χ3n) is 4.20. The van der Waals surface area contributed by atoms with Gasteiger partial charge in [0.05, 0.1) is 0 Å². The van der Waals surface area contributed by atoms with E-state index in [2.05, 4.69) is 5.32 Å². The van der Waals surface area contributed by atoms with Crippen molar-refractivity contribution in [2.45, 2.75) is 44.9 Å². The highest BCUT2D eigenvalue weighted by Gasteiger charge is 2.46. The molecule has 2 aliphatic rings.